The van der Waals surface area contributed by atoms with Crippen LogP contribution in [0.1, 0.15) is 64.4 Å². The molecule has 0 heterocycles. The van der Waals surface area contributed by atoms with Crippen LogP contribution < -0.4 is 10.1 Å². The molecule has 0 bridgehead atoms. The van der Waals surface area contributed by atoms with Crippen LogP contribution in [0.3, 0.4) is 0 Å². The first kappa shape index (κ1) is 15.4. The van der Waals surface area contributed by atoms with Crippen molar-refractivity contribution < 1.29 is 4.74 Å². The molecule has 0 amide bonds. The van der Waals surface area contributed by atoms with Crippen molar-refractivity contribution in [2.45, 2.75) is 70.9 Å². The molecule has 112 valence electrons. The van der Waals surface area contributed by atoms with E-state index in [9.17, 15) is 0 Å². The molecule has 0 spiro atoms. The normalized spacial score (nSPS) is 18.2. The van der Waals surface area contributed by atoms with Gasteiger partial charge in [-0.3, -0.25) is 0 Å². The van der Waals surface area contributed by atoms with Crippen molar-refractivity contribution in [1.82, 2.24) is 5.32 Å². The minimum absolute atomic E-state index is 0.224. The summed E-state index contributed by atoms with van der Waals surface area (Å²) in [4.78, 5) is 0. The van der Waals surface area contributed by atoms with Crippen LogP contribution >= 0.6 is 0 Å². The van der Waals surface area contributed by atoms with Gasteiger partial charge in [0.1, 0.15) is 11.9 Å². The Bertz CT molecular complexity index is 379. The Morgan fingerprint density at radius 2 is 1.70 bits per heavy atom. The lowest BCUT2D eigenvalue weighted by Gasteiger charge is -2.25. The minimum atomic E-state index is 0.224. The van der Waals surface area contributed by atoms with Gasteiger partial charge in [0, 0.05) is 12.6 Å². The SMILES string of the molecule is CC(CNC1CCCCC1)Oc1ccc(C(C)C)cc1. The summed E-state index contributed by atoms with van der Waals surface area (Å²) in [6.45, 7) is 7.52. The highest BCUT2D eigenvalue weighted by molar-refractivity contribution is 5.29. The molecule has 1 aromatic carbocycles. The topological polar surface area (TPSA) is 21.3 Å². The molecule has 2 heteroatoms. The van der Waals surface area contributed by atoms with Crippen molar-refractivity contribution in [3.63, 3.8) is 0 Å². The molecular weight excluding hydrogens is 246 g/mol. The van der Waals surface area contributed by atoms with Gasteiger partial charge in [0.15, 0.2) is 0 Å². The molecule has 1 aliphatic rings. The quantitative estimate of drug-likeness (QED) is 0.825. The summed E-state index contributed by atoms with van der Waals surface area (Å²) >= 11 is 0. The van der Waals surface area contributed by atoms with Gasteiger partial charge in [-0.05, 0) is 43.4 Å². The number of nitrogens with one attached hydrogen (secondary N) is 1. The fraction of sp³-hybridized carbons (Fsp3) is 0.667. The van der Waals surface area contributed by atoms with Crippen molar-refractivity contribution in [2.75, 3.05) is 6.54 Å². The van der Waals surface area contributed by atoms with E-state index in [1.54, 1.807) is 0 Å². The van der Waals surface area contributed by atoms with E-state index >= 15 is 0 Å². The Kier molecular flexibility index (Phi) is 5.90. The first-order valence-electron chi connectivity index (χ1n) is 8.15. The van der Waals surface area contributed by atoms with Gasteiger partial charge in [0.2, 0.25) is 0 Å². The van der Waals surface area contributed by atoms with Crippen LogP contribution in [-0.4, -0.2) is 18.7 Å². The fourth-order valence-electron chi connectivity index (χ4n) is 2.84. The number of hydrogen-bond acceptors (Lipinski definition) is 2. The van der Waals surface area contributed by atoms with Crippen LogP contribution in [0.5, 0.6) is 5.75 Å². The Morgan fingerprint density at radius 3 is 2.30 bits per heavy atom. The van der Waals surface area contributed by atoms with Gasteiger partial charge in [-0.15, -0.1) is 0 Å². The first-order valence-corrected chi connectivity index (χ1v) is 8.15. The van der Waals surface area contributed by atoms with E-state index in [0.717, 1.165) is 12.3 Å². The molecule has 1 fully saturated rings. The summed E-state index contributed by atoms with van der Waals surface area (Å²) < 4.78 is 5.98. The summed E-state index contributed by atoms with van der Waals surface area (Å²) in [6.07, 6.45) is 7.05. The Balaban J connectivity index is 1.74. The van der Waals surface area contributed by atoms with Crippen LogP contribution in [-0.2, 0) is 0 Å². The van der Waals surface area contributed by atoms with Crippen molar-refractivity contribution in [3.8, 4) is 5.75 Å². The van der Waals surface area contributed by atoms with Crippen molar-refractivity contribution >= 4 is 0 Å². The zero-order valence-electron chi connectivity index (χ0n) is 13.2. The molecular formula is C18H29NO. The van der Waals surface area contributed by atoms with E-state index in [4.69, 9.17) is 4.74 Å². The molecule has 1 atom stereocenters. The molecule has 2 rings (SSSR count). The van der Waals surface area contributed by atoms with E-state index < -0.39 is 0 Å². The number of rotatable bonds is 6. The van der Waals surface area contributed by atoms with Gasteiger partial charge in [-0.1, -0.05) is 45.2 Å². The zero-order valence-corrected chi connectivity index (χ0v) is 13.2. The molecule has 20 heavy (non-hydrogen) atoms. The first-order chi connectivity index (χ1) is 9.65. The molecule has 2 nitrogen and oxygen atoms in total. The predicted molar refractivity (Wildman–Crippen MR) is 85.5 cm³/mol. The maximum absolute atomic E-state index is 5.98. The molecule has 0 radical (unpaired) electrons. The average Bonchev–Trinajstić information content (AvgIpc) is 2.47. The van der Waals surface area contributed by atoms with Crippen LogP contribution in [0, 0.1) is 0 Å². The maximum Gasteiger partial charge on any atom is 0.119 e. The second-order valence-electron chi connectivity index (χ2n) is 6.40. The van der Waals surface area contributed by atoms with Crippen molar-refractivity contribution in [3.05, 3.63) is 29.8 Å². The highest BCUT2D eigenvalue weighted by Crippen LogP contribution is 2.20. The third-order valence-corrected chi connectivity index (χ3v) is 4.18. The highest BCUT2D eigenvalue weighted by atomic mass is 16.5. The lowest BCUT2D eigenvalue weighted by Crippen LogP contribution is -2.37. The second-order valence-corrected chi connectivity index (χ2v) is 6.40. The van der Waals surface area contributed by atoms with Gasteiger partial charge in [0.05, 0.1) is 0 Å². The van der Waals surface area contributed by atoms with Crippen molar-refractivity contribution in [1.29, 1.82) is 0 Å². The van der Waals surface area contributed by atoms with Crippen LogP contribution in [0.2, 0.25) is 0 Å². The summed E-state index contributed by atoms with van der Waals surface area (Å²) in [7, 11) is 0. The molecule has 0 aliphatic heterocycles. The number of hydrogen-bond donors (Lipinski definition) is 1. The van der Waals surface area contributed by atoms with E-state index in [1.165, 1.54) is 37.7 Å². The van der Waals surface area contributed by atoms with Gasteiger partial charge in [-0.25, -0.2) is 0 Å². The molecule has 1 aromatic rings. The molecule has 1 saturated carbocycles. The van der Waals surface area contributed by atoms with Crippen LogP contribution in [0.4, 0.5) is 0 Å². The summed E-state index contributed by atoms with van der Waals surface area (Å²) in [5.41, 5.74) is 1.37. The predicted octanol–water partition coefficient (Wildman–Crippen LogP) is 4.50. The number of benzene rings is 1. The van der Waals surface area contributed by atoms with Gasteiger partial charge < -0.3 is 10.1 Å². The van der Waals surface area contributed by atoms with E-state index in [0.29, 0.717) is 12.0 Å². The van der Waals surface area contributed by atoms with Crippen LogP contribution in [0.25, 0.3) is 0 Å². The molecule has 0 saturated heterocycles. The second kappa shape index (κ2) is 7.68. The third-order valence-electron chi connectivity index (χ3n) is 4.18. The standard InChI is InChI=1S/C18H29NO/c1-14(2)16-9-11-18(12-10-16)20-15(3)13-19-17-7-5-4-6-8-17/h9-12,14-15,17,19H,4-8,13H2,1-3H3. The summed E-state index contributed by atoms with van der Waals surface area (Å²) in [6, 6.07) is 9.22. The third kappa shape index (κ3) is 4.82. The van der Waals surface area contributed by atoms with Gasteiger partial charge in [0.25, 0.3) is 0 Å². The van der Waals surface area contributed by atoms with E-state index in [2.05, 4.69) is 50.4 Å². The zero-order chi connectivity index (χ0) is 14.4. The molecule has 0 aromatic heterocycles. The average molecular weight is 275 g/mol. The largest absolute Gasteiger partial charge is 0.489 e. The lowest BCUT2D eigenvalue weighted by atomic mass is 9.95. The lowest BCUT2D eigenvalue weighted by molar-refractivity contribution is 0.205. The molecule has 1 unspecified atom stereocenters. The molecule has 1 N–H and O–H groups in total. The Hall–Kier alpha value is -1.02. The smallest absolute Gasteiger partial charge is 0.119 e. The Labute approximate surface area is 123 Å². The minimum Gasteiger partial charge on any atom is -0.489 e. The van der Waals surface area contributed by atoms with E-state index in [-0.39, 0.29) is 6.10 Å². The summed E-state index contributed by atoms with van der Waals surface area (Å²) in [5, 5.41) is 3.65. The summed E-state index contributed by atoms with van der Waals surface area (Å²) in [5.74, 6) is 1.56. The highest BCUT2D eigenvalue weighted by Gasteiger charge is 2.14. The molecule has 1 aliphatic carbocycles. The number of ether oxygens (including phenoxy) is 1. The van der Waals surface area contributed by atoms with Gasteiger partial charge >= 0.3 is 0 Å². The maximum atomic E-state index is 5.98. The monoisotopic (exact) mass is 275 g/mol. The van der Waals surface area contributed by atoms with Crippen LogP contribution in [0.15, 0.2) is 24.3 Å². The fourth-order valence-corrected chi connectivity index (χ4v) is 2.84. The van der Waals surface area contributed by atoms with Crippen molar-refractivity contribution in [2.24, 2.45) is 0 Å². The Morgan fingerprint density at radius 1 is 1.05 bits per heavy atom. The van der Waals surface area contributed by atoms with Gasteiger partial charge in [-0.2, -0.15) is 0 Å². The van der Waals surface area contributed by atoms with E-state index in [1.807, 2.05) is 0 Å².